The van der Waals surface area contributed by atoms with Gasteiger partial charge < -0.3 is 0 Å². The molecule has 0 aliphatic carbocycles. The van der Waals surface area contributed by atoms with Gasteiger partial charge in [-0.3, -0.25) is 0 Å². The first-order valence-electron chi connectivity index (χ1n) is 2.12. The SMILES string of the molecule is c1nsc2sncc12. The normalized spacial score (nSPS) is 10.5. The minimum absolute atomic E-state index is 1.17. The van der Waals surface area contributed by atoms with Gasteiger partial charge in [0.1, 0.15) is 4.01 Å². The molecule has 0 aliphatic heterocycles. The van der Waals surface area contributed by atoms with Gasteiger partial charge in [-0.05, 0) is 23.1 Å². The Kier molecular flexibility index (Phi) is 0.824. The lowest BCUT2D eigenvalue weighted by Gasteiger charge is -1.57. The maximum Gasteiger partial charge on any atom is 0.128 e. The molecule has 2 rings (SSSR count). The van der Waals surface area contributed by atoms with Crippen molar-refractivity contribution in [1.29, 1.82) is 0 Å². The van der Waals surface area contributed by atoms with Crippen molar-refractivity contribution in [1.82, 2.24) is 8.75 Å². The van der Waals surface area contributed by atoms with E-state index in [0.29, 0.717) is 0 Å². The van der Waals surface area contributed by atoms with Gasteiger partial charge in [-0.15, -0.1) is 0 Å². The molecular weight excluding hydrogens is 140 g/mol. The van der Waals surface area contributed by atoms with Crippen LogP contribution < -0.4 is 0 Å². The zero-order chi connectivity index (χ0) is 5.40. The second-order valence-electron chi connectivity index (χ2n) is 1.39. The molecule has 0 aliphatic rings. The van der Waals surface area contributed by atoms with Gasteiger partial charge in [0, 0.05) is 5.39 Å². The topological polar surface area (TPSA) is 25.8 Å². The van der Waals surface area contributed by atoms with E-state index in [1.807, 2.05) is 12.4 Å². The summed E-state index contributed by atoms with van der Waals surface area (Å²) in [5.41, 5.74) is 0. The van der Waals surface area contributed by atoms with Crippen molar-refractivity contribution in [2.24, 2.45) is 0 Å². The fourth-order valence-corrected chi connectivity index (χ4v) is 1.86. The van der Waals surface area contributed by atoms with E-state index in [1.165, 1.54) is 32.5 Å². The Morgan fingerprint density at radius 3 is 2.25 bits per heavy atom. The van der Waals surface area contributed by atoms with Gasteiger partial charge in [0.05, 0.1) is 12.4 Å². The standard InChI is InChI=1S/C4H2N2S2/c1-3-2-6-8-4(3)7-5-1/h1-2H. The monoisotopic (exact) mass is 142 g/mol. The first kappa shape index (κ1) is 4.40. The summed E-state index contributed by atoms with van der Waals surface area (Å²) in [7, 11) is 0. The Hall–Kier alpha value is -0.480. The zero-order valence-electron chi connectivity index (χ0n) is 3.87. The number of hydrogen-bond donors (Lipinski definition) is 0. The second-order valence-corrected chi connectivity index (χ2v) is 3.26. The second kappa shape index (κ2) is 1.50. The third kappa shape index (κ3) is 0.468. The van der Waals surface area contributed by atoms with Gasteiger partial charge in [0.15, 0.2) is 0 Å². The average Bonchev–Trinajstić information content (AvgIpc) is 2.15. The van der Waals surface area contributed by atoms with Crippen molar-refractivity contribution < 1.29 is 0 Å². The van der Waals surface area contributed by atoms with Crippen LogP contribution in [0.5, 0.6) is 0 Å². The Labute approximate surface area is 54.1 Å². The molecule has 4 heteroatoms. The summed E-state index contributed by atoms with van der Waals surface area (Å²) in [4.78, 5) is 0. The number of fused-ring (bicyclic) bond motifs is 1. The van der Waals surface area contributed by atoms with E-state index in [0.717, 1.165) is 0 Å². The van der Waals surface area contributed by atoms with Crippen molar-refractivity contribution in [2.75, 3.05) is 0 Å². The van der Waals surface area contributed by atoms with Crippen LogP contribution in [0.3, 0.4) is 0 Å². The highest BCUT2D eigenvalue weighted by Gasteiger charge is 1.94. The summed E-state index contributed by atoms with van der Waals surface area (Å²) in [5.74, 6) is 0. The maximum atomic E-state index is 3.97. The van der Waals surface area contributed by atoms with Crippen molar-refractivity contribution in [3.05, 3.63) is 12.4 Å². The van der Waals surface area contributed by atoms with Crippen LogP contribution in [0.2, 0.25) is 0 Å². The van der Waals surface area contributed by atoms with Crippen LogP contribution in [0.1, 0.15) is 0 Å². The van der Waals surface area contributed by atoms with Gasteiger partial charge >= 0.3 is 0 Å². The predicted molar refractivity (Wildman–Crippen MR) is 35.3 cm³/mol. The number of hydrogen-bond acceptors (Lipinski definition) is 4. The molecule has 0 atom stereocenters. The number of nitrogens with zero attached hydrogens (tertiary/aromatic N) is 2. The third-order valence-corrected chi connectivity index (χ3v) is 2.56. The zero-order valence-corrected chi connectivity index (χ0v) is 5.50. The van der Waals surface area contributed by atoms with E-state index >= 15 is 0 Å². The molecule has 0 spiro atoms. The van der Waals surface area contributed by atoms with Crippen LogP contribution >= 0.6 is 23.1 Å². The van der Waals surface area contributed by atoms with Gasteiger partial charge in [0.25, 0.3) is 0 Å². The summed E-state index contributed by atoms with van der Waals surface area (Å²) in [6, 6.07) is 0. The smallest absolute Gasteiger partial charge is 0.128 e. The van der Waals surface area contributed by atoms with Crippen LogP contribution in [0.4, 0.5) is 0 Å². The minimum Gasteiger partial charge on any atom is -0.199 e. The summed E-state index contributed by atoms with van der Waals surface area (Å²) in [5, 5.41) is 1.17. The largest absolute Gasteiger partial charge is 0.199 e. The van der Waals surface area contributed by atoms with E-state index in [9.17, 15) is 0 Å². The Morgan fingerprint density at radius 1 is 1.12 bits per heavy atom. The third-order valence-electron chi connectivity index (χ3n) is 0.891. The molecule has 0 aromatic carbocycles. The average molecular weight is 142 g/mol. The highest BCUT2D eigenvalue weighted by molar-refractivity contribution is 7.33. The lowest BCUT2D eigenvalue weighted by molar-refractivity contribution is 1.56. The quantitative estimate of drug-likeness (QED) is 0.560. The maximum absolute atomic E-state index is 3.97. The predicted octanol–water partition coefficient (Wildman–Crippen LogP) is 1.75. The molecule has 0 unspecified atom stereocenters. The molecule has 2 nitrogen and oxygen atoms in total. The molecule has 0 bridgehead atoms. The lowest BCUT2D eigenvalue weighted by Crippen LogP contribution is -1.45. The lowest BCUT2D eigenvalue weighted by atomic mass is 10.5. The van der Waals surface area contributed by atoms with Gasteiger partial charge in [0.2, 0.25) is 0 Å². The van der Waals surface area contributed by atoms with Crippen molar-refractivity contribution >= 4 is 32.5 Å². The van der Waals surface area contributed by atoms with E-state index < -0.39 is 0 Å². The fourth-order valence-electron chi connectivity index (χ4n) is 0.523. The molecular formula is C4H2N2S2. The van der Waals surface area contributed by atoms with E-state index in [-0.39, 0.29) is 0 Å². The molecule has 40 valence electrons. The molecule has 8 heavy (non-hydrogen) atoms. The first-order chi connectivity index (χ1) is 3.97. The molecule has 0 amide bonds. The van der Waals surface area contributed by atoms with E-state index in [4.69, 9.17) is 0 Å². The van der Waals surface area contributed by atoms with Crippen molar-refractivity contribution in [2.45, 2.75) is 0 Å². The van der Waals surface area contributed by atoms with Crippen molar-refractivity contribution in [3.63, 3.8) is 0 Å². The van der Waals surface area contributed by atoms with Crippen LogP contribution in [0.25, 0.3) is 9.40 Å². The Balaban J connectivity index is 3.06. The highest BCUT2D eigenvalue weighted by atomic mass is 32.2. The molecule has 0 fully saturated rings. The van der Waals surface area contributed by atoms with Crippen LogP contribution in [0.15, 0.2) is 12.4 Å². The van der Waals surface area contributed by atoms with Crippen LogP contribution in [-0.2, 0) is 0 Å². The fraction of sp³-hybridized carbons (Fsp3) is 0. The summed E-state index contributed by atoms with van der Waals surface area (Å²) < 4.78 is 9.16. The van der Waals surface area contributed by atoms with E-state index in [1.54, 1.807) is 0 Å². The van der Waals surface area contributed by atoms with Gasteiger partial charge in [-0.1, -0.05) is 0 Å². The molecule has 2 aromatic rings. The Morgan fingerprint density at radius 2 is 1.75 bits per heavy atom. The highest BCUT2D eigenvalue weighted by Crippen LogP contribution is 2.20. The van der Waals surface area contributed by atoms with Gasteiger partial charge in [-0.25, -0.2) is 0 Å². The summed E-state index contributed by atoms with van der Waals surface area (Å²) >= 11 is 3.00. The molecule has 0 N–H and O–H groups in total. The van der Waals surface area contributed by atoms with Gasteiger partial charge in [-0.2, -0.15) is 8.75 Å². The minimum atomic E-state index is 1.17. The van der Waals surface area contributed by atoms with Crippen LogP contribution in [0, 0.1) is 0 Å². The molecule has 0 radical (unpaired) electrons. The molecule has 2 aromatic heterocycles. The van der Waals surface area contributed by atoms with Crippen molar-refractivity contribution in [3.8, 4) is 0 Å². The number of rotatable bonds is 0. The first-order valence-corrected chi connectivity index (χ1v) is 3.66. The van der Waals surface area contributed by atoms with E-state index in [2.05, 4.69) is 8.75 Å². The van der Waals surface area contributed by atoms with Crippen LogP contribution in [-0.4, -0.2) is 8.75 Å². The molecule has 2 heterocycles. The summed E-state index contributed by atoms with van der Waals surface area (Å²) in [6.07, 6.45) is 3.67. The molecule has 0 saturated carbocycles. The Bertz CT molecular complexity index is 233. The number of aromatic nitrogens is 2. The summed E-state index contributed by atoms with van der Waals surface area (Å²) in [6.45, 7) is 0. The molecule has 0 saturated heterocycles.